The van der Waals surface area contributed by atoms with Crippen molar-refractivity contribution in [1.29, 1.82) is 0 Å². The monoisotopic (exact) mass is 329 g/mol. The van der Waals surface area contributed by atoms with Gasteiger partial charge < -0.3 is 10.2 Å². The summed E-state index contributed by atoms with van der Waals surface area (Å²) in [6.07, 6.45) is 2.54. The van der Waals surface area contributed by atoms with Gasteiger partial charge in [0.25, 0.3) is 10.0 Å². The fraction of sp³-hybridized carbons (Fsp3) is 0.167. The highest BCUT2D eigenvalue weighted by Crippen LogP contribution is 2.19. The highest BCUT2D eigenvalue weighted by molar-refractivity contribution is 7.92. The van der Waals surface area contributed by atoms with Crippen molar-refractivity contribution in [3.05, 3.63) is 42.0 Å². The smallest absolute Gasteiger partial charge is 0.335 e. The first-order valence-electron chi connectivity index (χ1n) is 6.02. The van der Waals surface area contributed by atoms with Crippen LogP contribution in [0.5, 0.6) is 0 Å². The van der Waals surface area contributed by atoms with Crippen molar-refractivity contribution in [2.24, 2.45) is 0 Å². The summed E-state index contributed by atoms with van der Waals surface area (Å²) in [7, 11) is -4.22. The lowest BCUT2D eigenvalue weighted by Crippen LogP contribution is -2.15. The molecule has 0 aliphatic carbocycles. The number of carboxylic acid groups (broad SMARTS) is 1. The predicted molar refractivity (Wildman–Crippen MR) is 73.5 cm³/mol. The summed E-state index contributed by atoms with van der Waals surface area (Å²) in [5.41, 5.74) is -0.262. The molecule has 3 N–H and O–H groups in total. The van der Waals surface area contributed by atoms with Crippen LogP contribution in [0.4, 0.5) is 10.1 Å². The van der Waals surface area contributed by atoms with Gasteiger partial charge in [-0.05, 0) is 18.2 Å². The Balaban J connectivity index is 2.28. The van der Waals surface area contributed by atoms with Crippen LogP contribution in [0, 0.1) is 5.82 Å². The standard InChI is InChI=1S/C12H12FN3O5S/c13-10-5-8(12(18)19)1-2-11(10)22(20,21)15-9-6-14-16(7-9)3-4-17/h1-2,5-7,15,17H,3-4H2,(H,18,19). The molecule has 0 unspecified atom stereocenters. The highest BCUT2D eigenvalue weighted by Gasteiger charge is 2.21. The Kier molecular flexibility index (Phi) is 4.43. The fourth-order valence-corrected chi connectivity index (χ4v) is 2.79. The number of carbonyl (C=O) groups is 1. The lowest BCUT2D eigenvalue weighted by atomic mass is 10.2. The molecule has 0 atom stereocenters. The molecule has 0 fully saturated rings. The number of aromatic carboxylic acids is 1. The third-order valence-corrected chi connectivity index (χ3v) is 4.10. The van der Waals surface area contributed by atoms with Gasteiger partial charge in [0.05, 0.1) is 30.6 Å². The number of hydrogen-bond acceptors (Lipinski definition) is 5. The zero-order valence-electron chi connectivity index (χ0n) is 11.1. The topological polar surface area (TPSA) is 122 Å². The lowest BCUT2D eigenvalue weighted by Gasteiger charge is -2.07. The van der Waals surface area contributed by atoms with Crippen molar-refractivity contribution >= 4 is 21.7 Å². The van der Waals surface area contributed by atoms with Crippen molar-refractivity contribution in [3.8, 4) is 0 Å². The number of aliphatic hydroxyl groups is 1. The first-order valence-corrected chi connectivity index (χ1v) is 7.51. The van der Waals surface area contributed by atoms with Gasteiger partial charge in [-0.25, -0.2) is 17.6 Å². The van der Waals surface area contributed by atoms with Crippen molar-refractivity contribution in [2.45, 2.75) is 11.4 Å². The summed E-state index contributed by atoms with van der Waals surface area (Å²) in [5.74, 6) is -2.53. The highest BCUT2D eigenvalue weighted by atomic mass is 32.2. The number of rotatable bonds is 6. The Bertz CT molecular complexity index is 803. The molecule has 0 aliphatic heterocycles. The fourth-order valence-electron chi connectivity index (χ4n) is 1.70. The van der Waals surface area contributed by atoms with E-state index in [2.05, 4.69) is 9.82 Å². The van der Waals surface area contributed by atoms with Gasteiger partial charge in [0, 0.05) is 6.20 Å². The SMILES string of the molecule is O=C(O)c1ccc(S(=O)(=O)Nc2cnn(CCO)c2)c(F)c1. The van der Waals surface area contributed by atoms with Gasteiger partial charge in [0.2, 0.25) is 0 Å². The van der Waals surface area contributed by atoms with Gasteiger partial charge in [-0.1, -0.05) is 0 Å². The number of nitrogens with zero attached hydrogens (tertiary/aromatic N) is 2. The Morgan fingerprint density at radius 3 is 2.73 bits per heavy atom. The second-order valence-electron chi connectivity index (χ2n) is 4.27. The molecule has 2 aromatic rings. The average Bonchev–Trinajstić information content (AvgIpc) is 2.85. The molecule has 1 aromatic carbocycles. The van der Waals surface area contributed by atoms with E-state index >= 15 is 0 Å². The van der Waals surface area contributed by atoms with E-state index in [9.17, 15) is 17.6 Å². The number of aromatic nitrogens is 2. The van der Waals surface area contributed by atoms with E-state index in [-0.39, 0.29) is 24.4 Å². The molecule has 0 saturated carbocycles. The van der Waals surface area contributed by atoms with Gasteiger partial charge in [0.15, 0.2) is 0 Å². The Labute approximate surface area is 124 Å². The van der Waals surface area contributed by atoms with Crippen LogP contribution in [0.3, 0.4) is 0 Å². The molecule has 1 heterocycles. The van der Waals surface area contributed by atoms with Crippen LogP contribution in [-0.4, -0.2) is 41.0 Å². The number of carboxylic acids is 1. The van der Waals surface area contributed by atoms with Crippen LogP contribution in [0.25, 0.3) is 0 Å². The number of benzene rings is 1. The summed E-state index contributed by atoms with van der Waals surface area (Å²) in [6.45, 7) is 0.0164. The van der Waals surface area contributed by atoms with Crippen LogP contribution in [0.15, 0.2) is 35.5 Å². The van der Waals surface area contributed by atoms with Crippen molar-refractivity contribution < 1.29 is 27.8 Å². The van der Waals surface area contributed by atoms with Crippen LogP contribution in [0.2, 0.25) is 0 Å². The van der Waals surface area contributed by atoms with Crippen LogP contribution < -0.4 is 4.72 Å². The largest absolute Gasteiger partial charge is 0.478 e. The molecule has 1 aromatic heterocycles. The molecule has 0 amide bonds. The maximum absolute atomic E-state index is 13.8. The first kappa shape index (κ1) is 15.9. The predicted octanol–water partition coefficient (Wildman–Crippen LogP) is 0.513. The van der Waals surface area contributed by atoms with Crippen molar-refractivity contribution in [1.82, 2.24) is 9.78 Å². The van der Waals surface area contributed by atoms with E-state index in [0.29, 0.717) is 6.07 Å². The second-order valence-corrected chi connectivity index (χ2v) is 5.92. The van der Waals surface area contributed by atoms with Gasteiger partial charge in [-0.15, -0.1) is 0 Å². The second kappa shape index (κ2) is 6.12. The molecule has 118 valence electrons. The van der Waals surface area contributed by atoms with E-state index in [1.165, 1.54) is 17.1 Å². The number of halogens is 1. The van der Waals surface area contributed by atoms with Gasteiger partial charge in [-0.2, -0.15) is 5.10 Å². The van der Waals surface area contributed by atoms with E-state index in [4.69, 9.17) is 10.2 Å². The first-order chi connectivity index (χ1) is 10.3. The van der Waals surface area contributed by atoms with Gasteiger partial charge in [-0.3, -0.25) is 9.40 Å². The summed E-state index contributed by atoms with van der Waals surface area (Å²) < 4.78 is 41.4. The molecule has 0 aliphatic rings. The quantitative estimate of drug-likeness (QED) is 0.710. The van der Waals surface area contributed by atoms with Crippen LogP contribution >= 0.6 is 0 Å². The summed E-state index contributed by atoms with van der Waals surface area (Å²) in [4.78, 5) is 10.0. The van der Waals surface area contributed by atoms with Crippen molar-refractivity contribution in [2.75, 3.05) is 11.3 Å². The lowest BCUT2D eigenvalue weighted by molar-refractivity contribution is 0.0696. The average molecular weight is 329 g/mol. The molecular weight excluding hydrogens is 317 g/mol. The van der Waals surface area contributed by atoms with Gasteiger partial charge >= 0.3 is 5.97 Å². The molecule has 0 bridgehead atoms. The molecular formula is C12H12FN3O5S. The summed E-state index contributed by atoms with van der Waals surface area (Å²) >= 11 is 0. The van der Waals surface area contributed by atoms with E-state index in [1.807, 2.05) is 0 Å². The number of aliphatic hydroxyl groups excluding tert-OH is 1. The maximum atomic E-state index is 13.8. The third kappa shape index (κ3) is 3.40. The van der Waals surface area contributed by atoms with Crippen LogP contribution in [0.1, 0.15) is 10.4 Å². The molecule has 8 nitrogen and oxygen atoms in total. The van der Waals surface area contributed by atoms with Gasteiger partial charge in [0.1, 0.15) is 10.7 Å². The van der Waals surface area contributed by atoms with E-state index in [1.54, 1.807) is 0 Å². The molecule has 0 radical (unpaired) electrons. The zero-order chi connectivity index (χ0) is 16.3. The number of hydrogen-bond donors (Lipinski definition) is 3. The van der Waals surface area contributed by atoms with Crippen LogP contribution in [-0.2, 0) is 16.6 Å². The van der Waals surface area contributed by atoms with Crippen molar-refractivity contribution in [3.63, 3.8) is 0 Å². The van der Waals surface area contributed by atoms with E-state index < -0.39 is 26.7 Å². The van der Waals surface area contributed by atoms with E-state index in [0.717, 1.165) is 12.1 Å². The number of sulfonamides is 1. The molecule has 22 heavy (non-hydrogen) atoms. The zero-order valence-corrected chi connectivity index (χ0v) is 11.9. The minimum atomic E-state index is -4.22. The maximum Gasteiger partial charge on any atom is 0.335 e. The minimum Gasteiger partial charge on any atom is -0.478 e. The third-order valence-electron chi connectivity index (χ3n) is 2.68. The Morgan fingerprint density at radius 1 is 1.41 bits per heavy atom. The number of nitrogens with one attached hydrogen (secondary N) is 1. The molecule has 0 spiro atoms. The molecule has 0 saturated heterocycles. The Morgan fingerprint density at radius 2 is 2.14 bits per heavy atom. The summed E-state index contributed by atoms with van der Waals surface area (Å²) in [6, 6.07) is 2.50. The molecule has 10 heteroatoms. The molecule has 2 rings (SSSR count). The minimum absolute atomic E-state index is 0.0927. The normalized spacial score (nSPS) is 11.4. The summed E-state index contributed by atoms with van der Waals surface area (Å²) in [5, 5.41) is 21.3. The Hall–Kier alpha value is -2.46. The number of anilines is 1.